The molecule has 0 fully saturated rings. The maximum atomic E-state index is 13.2. The molecule has 4 amide bonds. The predicted molar refractivity (Wildman–Crippen MR) is 137 cm³/mol. The highest BCUT2D eigenvalue weighted by Crippen LogP contribution is 2.12. The van der Waals surface area contributed by atoms with Gasteiger partial charge in [0.1, 0.15) is 23.9 Å². The molecule has 0 aliphatic heterocycles. The standard InChI is InChI=1S/C26H33N5O7/c1-15(27)23(34)30-20(13-16-5-3-2-4-6-16)25(36)29-19(11-12-22(28)33)24(35)31-21(26(37)38)14-17-7-9-18(32)10-8-17/h2-10,15,19-21,32H,11-14,27H2,1H3,(H2,28,33)(H,29,36)(H,30,34)(H,31,35)(H,37,38). The average Bonchev–Trinajstić information content (AvgIpc) is 2.87. The van der Waals surface area contributed by atoms with E-state index in [0.717, 1.165) is 5.56 Å². The Morgan fingerprint density at radius 1 is 0.763 bits per heavy atom. The molecule has 38 heavy (non-hydrogen) atoms. The molecular formula is C26H33N5O7. The lowest BCUT2D eigenvalue weighted by atomic mass is 10.0. The quantitative estimate of drug-likeness (QED) is 0.167. The number of aliphatic carboxylic acids is 1. The van der Waals surface area contributed by atoms with Crippen LogP contribution in [0.5, 0.6) is 5.75 Å². The topological polar surface area (TPSA) is 214 Å². The summed E-state index contributed by atoms with van der Waals surface area (Å²) < 4.78 is 0. The molecule has 0 saturated heterocycles. The minimum absolute atomic E-state index is 0.0000611. The number of hydrogen-bond donors (Lipinski definition) is 7. The number of aromatic hydroxyl groups is 1. The van der Waals surface area contributed by atoms with Crippen molar-refractivity contribution in [3.8, 4) is 5.75 Å². The molecule has 0 bridgehead atoms. The van der Waals surface area contributed by atoms with Crippen LogP contribution in [0.25, 0.3) is 0 Å². The number of phenols is 1. The first kappa shape index (κ1) is 29.8. The maximum absolute atomic E-state index is 13.2. The maximum Gasteiger partial charge on any atom is 0.326 e. The summed E-state index contributed by atoms with van der Waals surface area (Å²) in [4.78, 5) is 61.8. The second kappa shape index (κ2) is 14.3. The summed E-state index contributed by atoms with van der Waals surface area (Å²) in [7, 11) is 0. The zero-order valence-corrected chi connectivity index (χ0v) is 20.9. The molecule has 4 atom stereocenters. The third kappa shape index (κ3) is 9.90. The summed E-state index contributed by atoms with van der Waals surface area (Å²) in [6.45, 7) is 1.45. The fourth-order valence-electron chi connectivity index (χ4n) is 3.53. The van der Waals surface area contributed by atoms with Gasteiger partial charge in [0.15, 0.2) is 0 Å². The first-order valence-electron chi connectivity index (χ1n) is 12.0. The number of carbonyl (C=O) groups is 5. The van der Waals surface area contributed by atoms with Gasteiger partial charge < -0.3 is 37.6 Å². The van der Waals surface area contributed by atoms with Crippen LogP contribution in [-0.2, 0) is 36.8 Å². The molecule has 0 saturated carbocycles. The molecule has 0 aromatic heterocycles. The van der Waals surface area contributed by atoms with Crippen molar-refractivity contribution in [1.29, 1.82) is 0 Å². The lowest BCUT2D eigenvalue weighted by molar-refractivity contribution is -0.142. The lowest BCUT2D eigenvalue weighted by Gasteiger charge is -2.25. The molecule has 4 unspecified atom stereocenters. The van der Waals surface area contributed by atoms with Crippen LogP contribution in [0.2, 0.25) is 0 Å². The zero-order chi connectivity index (χ0) is 28.2. The second-order valence-corrected chi connectivity index (χ2v) is 8.88. The van der Waals surface area contributed by atoms with E-state index in [-0.39, 0.29) is 31.4 Å². The van der Waals surface area contributed by atoms with Gasteiger partial charge in [0.25, 0.3) is 0 Å². The third-order valence-corrected chi connectivity index (χ3v) is 5.63. The predicted octanol–water partition coefficient (Wildman–Crippen LogP) is -0.671. The van der Waals surface area contributed by atoms with Gasteiger partial charge in [-0.1, -0.05) is 42.5 Å². The van der Waals surface area contributed by atoms with E-state index in [2.05, 4.69) is 16.0 Å². The number of carbonyl (C=O) groups excluding carboxylic acids is 4. The molecule has 12 nitrogen and oxygen atoms in total. The van der Waals surface area contributed by atoms with Crippen molar-refractivity contribution in [3.63, 3.8) is 0 Å². The number of nitrogens with one attached hydrogen (secondary N) is 3. The number of carboxylic acids is 1. The fraction of sp³-hybridized carbons (Fsp3) is 0.346. The molecule has 0 heterocycles. The number of hydrogen-bond acceptors (Lipinski definition) is 7. The third-order valence-electron chi connectivity index (χ3n) is 5.63. The molecule has 0 aliphatic carbocycles. The van der Waals surface area contributed by atoms with Crippen molar-refractivity contribution in [2.24, 2.45) is 11.5 Å². The highest BCUT2D eigenvalue weighted by atomic mass is 16.4. The Morgan fingerprint density at radius 2 is 1.26 bits per heavy atom. The number of carboxylic acid groups (broad SMARTS) is 1. The van der Waals surface area contributed by atoms with E-state index in [0.29, 0.717) is 5.56 Å². The van der Waals surface area contributed by atoms with Crippen LogP contribution < -0.4 is 27.4 Å². The summed E-state index contributed by atoms with van der Waals surface area (Å²) in [6.07, 6.45) is -0.464. The van der Waals surface area contributed by atoms with E-state index in [4.69, 9.17) is 11.5 Å². The summed E-state index contributed by atoms with van der Waals surface area (Å²) >= 11 is 0. The van der Waals surface area contributed by atoms with Gasteiger partial charge in [-0.2, -0.15) is 0 Å². The average molecular weight is 528 g/mol. The summed E-state index contributed by atoms with van der Waals surface area (Å²) in [5.41, 5.74) is 12.1. The van der Waals surface area contributed by atoms with Gasteiger partial charge in [0.2, 0.25) is 23.6 Å². The monoisotopic (exact) mass is 527 g/mol. The van der Waals surface area contributed by atoms with Gasteiger partial charge in [0, 0.05) is 19.3 Å². The summed E-state index contributed by atoms with van der Waals surface area (Å²) in [6, 6.07) is 9.95. The molecule has 12 heteroatoms. The van der Waals surface area contributed by atoms with E-state index in [1.54, 1.807) is 30.3 Å². The largest absolute Gasteiger partial charge is 0.508 e. The Morgan fingerprint density at radius 3 is 1.82 bits per heavy atom. The number of rotatable bonds is 14. The van der Waals surface area contributed by atoms with E-state index in [9.17, 15) is 34.2 Å². The van der Waals surface area contributed by atoms with Gasteiger partial charge in [-0.3, -0.25) is 19.2 Å². The van der Waals surface area contributed by atoms with Crippen molar-refractivity contribution < 1.29 is 34.2 Å². The van der Waals surface area contributed by atoms with Crippen LogP contribution in [-0.4, -0.2) is 64.0 Å². The second-order valence-electron chi connectivity index (χ2n) is 8.88. The molecule has 204 valence electrons. The Balaban J connectivity index is 2.21. The summed E-state index contributed by atoms with van der Waals surface area (Å²) in [5, 5.41) is 26.5. The number of primary amides is 1. The van der Waals surface area contributed by atoms with Crippen molar-refractivity contribution in [2.45, 2.75) is 56.8 Å². The van der Waals surface area contributed by atoms with Crippen molar-refractivity contribution in [2.75, 3.05) is 0 Å². The van der Waals surface area contributed by atoms with Crippen molar-refractivity contribution in [3.05, 3.63) is 65.7 Å². The zero-order valence-electron chi connectivity index (χ0n) is 20.9. The molecule has 2 rings (SSSR count). The first-order chi connectivity index (χ1) is 18.0. The number of amides is 4. The van der Waals surface area contributed by atoms with E-state index >= 15 is 0 Å². The SMILES string of the molecule is CC(N)C(=O)NC(Cc1ccccc1)C(=O)NC(CCC(N)=O)C(=O)NC(Cc1ccc(O)cc1)C(=O)O. The molecule has 0 spiro atoms. The van der Waals surface area contributed by atoms with Crippen LogP contribution >= 0.6 is 0 Å². The number of nitrogens with two attached hydrogens (primary N) is 2. The molecule has 2 aromatic rings. The minimum Gasteiger partial charge on any atom is -0.508 e. The fourth-order valence-corrected chi connectivity index (χ4v) is 3.53. The van der Waals surface area contributed by atoms with E-state index < -0.39 is 53.8 Å². The Hall–Kier alpha value is -4.45. The van der Waals surface area contributed by atoms with Gasteiger partial charge in [-0.05, 0) is 36.6 Å². The van der Waals surface area contributed by atoms with Gasteiger partial charge in [-0.25, -0.2) is 4.79 Å². The van der Waals surface area contributed by atoms with Crippen LogP contribution in [0.1, 0.15) is 30.9 Å². The van der Waals surface area contributed by atoms with Crippen LogP contribution in [0, 0.1) is 0 Å². The van der Waals surface area contributed by atoms with Crippen molar-refractivity contribution in [1.82, 2.24) is 16.0 Å². The van der Waals surface area contributed by atoms with Gasteiger partial charge in [-0.15, -0.1) is 0 Å². The summed E-state index contributed by atoms with van der Waals surface area (Å²) in [5.74, 6) is -4.20. The van der Waals surface area contributed by atoms with Crippen LogP contribution in [0.15, 0.2) is 54.6 Å². The van der Waals surface area contributed by atoms with E-state index in [1.165, 1.54) is 31.2 Å². The number of phenolic OH excluding ortho intramolecular Hbond substituents is 1. The first-order valence-corrected chi connectivity index (χ1v) is 12.0. The van der Waals surface area contributed by atoms with Gasteiger partial charge in [0.05, 0.1) is 6.04 Å². The minimum atomic E-state index is -1.36. The highest BCUT2D eigenvalue weighted by Gasteiger charge is 2.30. The Labute approximate surface area is 219 Å². The Kier molecular flexibility index (Phi) is 11.2. The Bertz CT molecular complexity index is 1120. The van der Waals surface area contributed by atoms with Crippen LogP contribution in [0.4, 0.5) is 0 Å². The van der Waals surface area contributed by atoms with Gasteiger partial charge >= 0.3 is 5.97 Å². The van der Waals surface area contributed by atoms with E-state index in [1.807, 2.05) is 0 Å². The van der Waals surface area contributed by atoms with Crippen molar-refractivity contribution >= 4 is 29.6 Å². The molecule has 2 aromatic carbocycles. The molecular weight excluding hydrogens is 494 g/mol. The van der Waals surface area contributed by atoms with Crippen LogP contribution in [0.3, 0.4) is 0 Å². The molecule has 0 radical (unpaired) electrons. The highest BCUT2D eigenvalue weighted by molar-refractivity contribution is 5.94. The lowest BCUT2D eigenvalue weighted by Crippen LogP contribution is -2.57. The normalized spacial score (nSPS) is 13.8. The molecule has 9 N–H and O–H groups in total. The smallest absolute Gasteiger partial charge is 0.326 e. The number of benzene rings is 2. The molecule has 0 aliphatic rings.